The van der Waals surface area contributed by atoms with Crippen LogP contribution in [0.3, 0.4) is 0 Å². The number of piperidine rings is 2. The van der Waals surface area contributed by atoms with Gasteiger partial charge in [-0.25, -0.2) is 4.79 Å². The third-order valence-electron chi connectivity index (χ3n) is 7.11. The van der Waals surface area contributed by atoms with Gasteiger partial charge in [-0.1, -0.05) is 88.4 Å². The maximum absolute atomic E-state index is 12.1. The Morgan fingerprint density at radius 1 is 0.850 bits per heavy atom. The van der Waals surface area contributed by atoms with Gasteiger partial charge in [-0.2, -0.15) is 0 Å². The summed E-state index contributed by atoms with van der Waals surface area (Å²) in [5.74, 6) is 0. The fourth-order valence-corrected chi connectivity index (χ4v) is 6.11. The summed E-state index contributed by atoms with van der Waals surface area (Å²) in [5.41, 5.74) is 8.87. The first-order valence-electron chi connectivity index (χ1n) is 14.5. The SMILES string of the molecule is CC1(C)C[C@H](N)CN(Cc2ccccc2)C1.CC1(C)C[C@H](NC(=O)OC(C)(C)C)CN(Cc2ccccc2)C1.Cl. The molecular formula is C33H53ClN4O2. The van der Waals surface area contributed by atoms with Gasteiger partial charge in [-0.15, -0.1) is 12.4 Å². The molecule has 2 heterocycles. The van der Waals surface area contributed by atoms with E-state index in [1.54, 1.807) is 0 Å². The summed E-state index contributed by atoms with van der Waals surface area (Å²) in [4.78, 5) is 16.9. The molecule has 6 nitrogen and oxygen atoms in total. The molecule has 0 unspecified atom stereocenters. The van der Waals surface area contributed by atoms with Crippen LogP contribution < -0.4 is 11.1 Å². The number of rotatable bonds is 5. The minimum Gasteiger partial charge on any atom is -0.444 e. The van der Waals surface area contributed by atoms with Crippen LogP contribution in [-0.2, 0) is 17.8 Å². The molecule has 2 aliphatic heterocycles. The van der Waals surface area contributed by atoms with Gasteiger partial charge in [-0.05, 0) is 55.6 Å². The number of ether oxygens (including phenoxy) is 1. The maximum atomic E-state index is 12.1. The van der Waals surface area contributed by atoms with Crippen LogP contribution in [0.1, 0.15) is 72.4 Å². The molecule has 40 heavy (non-hydrogen) atoms. The molecule has 0 saturated carbocycles. The average Bonchev–Trinajstić information content (AvgIpc) is 2.77. The van der Waals surface area contributed by atoms with Gasteiger partial charge >= 0.3 is 6.09 Å². The van der Waals surface area contributed by atoms with Gasteiger partial charge in [0.05, 0.1) is 0 Å². The summed E-state index contributed by atoms with van der Waals surface area (Å²) in [7, 11) is 0. The highest BCUT2D eigenvalue weighted by molar-refractivity contribution is 5.85. The molecular weight excluding hydrogens is 520 g/mol. The predicted octanol–water partition coefficient (Wildman–Crippen LogP) is 6.48. The second-order valence-electron chi connectivity index (χ2n) is 14.2. The predicted molar refractivity (Wildman–Crippen MR) is 169 cm³/mol. The molecule has 0 spiro atoms. The number of nitrogens with two attached hydrogens (primary N) is 1. The summed E-state index contributed by atoms with van der Waals surface area (Å²) >= 11 is 0. The van der Waals surface area contributed by atoms with Gasteiger partial charge in [0.25, 0.3) is 0 Å². The standard InChI is InChI=1S/C19H30N2O2.C14H22N2.ClH/c1-18(2,3)23-17(22)20-16-11-19(4,5)14-21(13-16)12-15-9-7-6-8-10-15;1-14(2)8-13(15)10-16(11-14)9-12-6-4-3-5-7-12;/h6-10,16H,11-14H2,1-5H3,(H,20,22);3-7,13H,8-11,15H2,1-2H3;1H/t16-;13-;/m00./s1. The van der Waals surface area contributed by atoms with Crippen molar-refractivity contribution in [3.63, 3.8) is 0 Å². The van der Waals surface area contributed by atoms with E-state index in [-0.39, 0.29) is 30.0 Å². The summed E-state index contributed by atoms with van der Waals surface area (Å²) < 4.78 is 5.39. The third-order valence-corrected chi connectivity index (χ3v) is 7.11. The van der Waals surface area contributed by atoms with Gasteiger partial charge in [0, 0.05) is 51.4 Å². The minimum atomic E-state index is -0.460. The molecule has 2 atom stereocenters. The quantitative estimate of drug-likeness (QED) is 0.429. The van der Waals surface area contributed by atoms with E-state index in [9.17, 15) is 4.79 Å². The van der Waals surface area contributed by atoms with E-state index in [2.05, 4.69) is 97.4 Å². The van der Waals surface area contributed by atoms with Crippen LogP contribution in [0, 0.1) is 10.8 Å². The maximum Gasteiger partial charge on any atom is 0.407 e. The van der Waals surface area contributed by atoms with E-state index in [4.69, 9.17) is 10.5 Å². The average molecular weight is 573 g/mol. The molecule has 0 aromatic heterocycles. The largest absolute Gasteiger partial charge is 0.444 e. The lowest BCUT2D eigenvalue weighted by Gasteiger charge is -2.42. The first kappa shape index (κ1) is 34.1. The van der Waals surface area contributed by atoms with Crippen LogP contribution in [0.15, 0.2) is 60.7 Å². The molecule has 0 bridgehead atoms. The van der Waals surface area contributed by atoms with Crippen LogP contribution in [0.25, 0.3) is 0 Å². The zero-order valence-corrected chi connectivity index (χ0v) is 26.6. The monoisotopic (exact) mass is 572 g/mol. The van der Waals surface area contributed by atoms with Gasteiger partial charge in [0.2, 0.25) is 0 Å². The normalized spacial score (nSPS) is 22.7. The number of benzene rings is 2. The van der Waals surface area contributed by atoms with Gasteiger partial charge in [0.1, 0.15) is 5.60 Å². The lowest BCUT2D eigenvalue weighted by atomic mass is 9.81. The Kier molecular flexibility index (Phi) is 12.5. The Morgan fingerprint density at radius 3 is 1.75 bits per heavy atom. The summed E-state index contributed by atoms with van der Waals surface area (Å²) in [5, 5.41) is 3.04. The highest BCUT2D eigenvalue weighted by Gasteiger charge is 2.34. The number of carbonyl (C=O) groups excluding carboxylic acids is 1. The number of likely N-dealkylation sites (tertiary alicyclic amines) is 2. The fraction of sp³-hybridized carbons (Fsp3) is 0.606. The molecule has 3 N–H and O–H groups in total. The number of halogens is 1. The van der Waals surface area contributed by atoms with Crippen LogP contribution in [0.5, 0.6) is 0 Å². The van der Waals surface area contributed by atoms with Crippen molar-refractivity contribution in [2.45, 2.75) is 92.1 Å². The number of alkyl carbamates (subject to hydrolysis) is 1. The van der Waals surface area contributed by atoms with Crippen molar-refractivity contribution in [3.8, 4) is 0 Å². The Morgan fingerprint density at radius 2 is 1.30 bits per heavy atom. The van der Waals surface area contributed by atoms with E-state index in [0.717, 1.165) is 52.1 Å². The number of nitrogens with zero attached hydrogens (tertiary/aromatic N) is 2. The smallest absolute Gasteiger partial charge is 0.407 e. The van der Waals surface area contributed by atoms with Crippen molar-refractivity contribution >= 4 is 18.5 Å². The molecule has 0 radical (unpaired) electrons. The molecule has 2 saturated heterocycles. The Hall–Kier alpha value is -2.12. The van der Waals surface area contributed by atoms with Crippen LogP contribution in [0.2, 0.25) is 0 Å². The summed E-state index contributed by atoms with van der Waals surface area (Å²) in [6, 6.07) is 21.6. The zero-order chi connectivity index (χ0) is 28.7. The third kappa shape index (κ3) is 12.6. The molecule has 4 rings (SSSR count). The van der Waals surface area contributed by atoms with E-state index in [1.807, 2.05) is 26.8 Å². The number of hydrogen-bond donors (Lipinski definition) is 2. The lowest BCUT2D eigenvalue weighted by Crippen LogP contribution is -2.53. The van der Waals surface area contributed by atoms with Crippen LogP contribution in [-0.4, -0.2) is 59.8 Å². The van der Waals surface area contributed by atoms with Gasteiger partial charge < -0.3 is 15.8 Å². The van der Waals surface area contributed by atoms with Crippen molar-refractivity contribution in [1.82, 2.24) is 15.1 Å². The first-order valence-corrected chi connectivity index (χ1v) is 14.5. The fourth-order valence-electron chi connectivity index (χ4n) is 6.11. The zero-order valence-electron chi connectivity index (χ0n) is 25.8. The molecule has 2 fully saturated rings. The van der Waals surface area contributed by atoms with Crippen molar-refractivity contribution in [2.24, 2.45) is 16.6 Å². The molecule has 2 aromatic carbocycles. The lowest BCUT2D eigenvalue weighted by molar-refractivity contribution is 0.0381. The highest BCUT2D eigenvalue weighted by Crippen LogP contribution is 2.30. The van der Waals surface area contributed by atoms with Crippen LogP contribution >= 0.6 is 12.4 Å². The van der Waals surface area contributed by atoms with Crippen molar-refractivity contribution in [2.75, 3.05) is 26.2 Å². The Balaban J connectivity index is 0.000000290. The van der Waals surface area contributed by atoms with E-state index in [0.29, 0.717) is 11.5 Å². The second kappa shape index (κ2) is 14.7. The number of carbonyl (C=O) groups is 1. The van der Waals surface area contributed by atoms with Gasteiger partial charge in [0.15, 0.2) is 0 Å². The minimum absolute atomic E-state index is 0. The van der Waals surface area contributed by atoms with E-state index < -0.39 is 5.60 Å². The molecule has 2 aliphatic rings. The molecule has 7 heteroatoms. The molecule has 224 valence electrons. The van der Waals surface area contributed by atoms with Crippen molar-refractivity contribution < 1.29 is 9.53 Å². The van der Waals surface area contributed by atoms with E-state index >= 15 is 0 Å². The molecule has 1 amide bonds. The first-order chi connectivity index (χ1) is 18.2. The summed E-state index contributed by atoms with van der Waals surface area (Å²) in [6.07, 6.45) is 1.79. The van der Waals surface area contributed by atoms with Crippen molar-refractivity contribution in [3.05, 3.63) is 71.8 Å². The Labute approximate surface area is 249 Å². The van der Waals surface area contributed by atoms with Crippen molar-refractivity contribution in [1.29, 1.82) is 0 Å². The number of nitrogens with one attached hydrogen (secondary N) is 1. The Bertz CT molecular complexity index is 1020. The molecule has 2 aromatic rings. The topological polar surface area (TPSA) is 70.8 Å². The summed E-state index contributed by atoms with van der Waals surface area (Å²) in [6.45, 7) is 20.8. The molecule has 0 aliphatic carbocycles. The van der Waals surface area contributed by atoms with Crippen LogP contribution in [0.4, 0.5) is 4.79 Å². The number of amides is 1. The highest BCUT2D eigenvalue weighted by atomic mass is 35.5. The number of hydrogen-bond acceptors (Lipinski definition) is 5. The second-order valence-corrected chi connectivity index (χ2v) is 14.2. The van der Waals surface area contributed by atoms with Gasteiger partial charge in [-0.3, -0.25) is 9.80 Å². The van der Waals surface area contributed by atoms with E-state index in [1.165, 1.54) is 11.1 Å².